The SMILES string of the molecule is CC1=CCC[C@]2(C)C[C@H]3OC(=O)[C@@H](CN4CCCC4)[C@H]3C=C12. The summed E-state index contributed by atoms with van der Waals surface area (Å²) < 4.78 is 5.81. The van der Waals surface area contributed by atoms with E-state index in [0.717, 1.165) is 32.5 Å². The van der Waals surface area contributed by atoms with Gasteiger partial charge in [0.2, 0.25) is 0 Å². The molecule has 0 radical (unpaired) electrons. The van der Waals surface area contributed by atoms with Gasteiger partial charge in [0.1, 0.15) is 6.10 Å². The first-order valence-corrected chi connectivity index (χ1v) is 8.89. The van der Waals surface area contributed by atoms with Crippen LogP contribution in [-0.2, 0) is 9.53 Å². The van der Waals surface area contributed by atoms with E-state index in [1.807, 2.05) is 0 Å². The lowest BCUT2D eigenvalue weighted by atomic mass is 9.62. The predicted molar refractivity (Wildman–Crippen MR) is 86.3 cm³/mol. The second kappa shape index (κ2) is 5.23. The van der Waals surface area contributed by atoms with E-state index < -0.39 is 0 Å². The fourth-order valence-electron chi connectivity index (χ4n) is 5.08. The summed E-state index contributed by atoms with van der Waals surface area (Å²) in [5.41, 5.74) is 3.12. The molecule has 2 heterocycles. The van der Waals surface area contributed by atoms with E-state index in [1.54, 1.807) is 0 Å². The predicted octanol–water partition coefficient (Wildman–Crippen LogP) is 3.32. The second-order valence-corrected chi connectivity index (χ2v) is 7.94. The van der Waals surface area contributed by atoms with Gasteiger partial charge in [-0.15, -0.1) is 0 Å². The Morgan fingerprint density at radius 2 is 2.14 bits per heavy atom. The molecule has 4 rings (SSSR count). The van der Waals surface area contributed by atoms with Crippen molar-refractivity contribution >= 4 is 5.97 Å². The molecule has 120 valence electrons. The minimum Gasteiger partial charge on any atom is -0.461 e. The van der Waals surface area contributed by atoms with Crippen molar-refractivity contribution in [1.82, 2.24) is 4.90 Å². The maximum Gasteiger partial charge on any atom is 0.311 e. The van der Waals surface area contributed by atoms with Gasteiger partial charge >= 0.3 is 5.97 Å². The Hall–Kier alpha value is -1.09. The summed E-state index contributed by atoms with van der Waals surface area (Å²) in [5.74, 6) is 0.384. The molecule has 3 nitrogen and oxygen atoms in total. The zero-order chi connectivity index (χ0) is 15.3. The molecule has 0 N–H and O–H groups in total. The molecule has 0 spiro atoms. The van der Waals surface area contributed by atoms with E-state index >= 15 is 0 Å². The molecule has 2 saturated heterocycles. The standard InChI is InChI=1S/C19H27NO2/c1-13-6-5-7-19(2)11-17-14(10-16(13)19)15(18(21)22-17)12-20-8-3-4-9-20/h6,10,14-15,17H,3-5,7-9,11-12H2,1-2H3/t14-,15+,17-,19-/m1/s1. The summed E-state index contributed by atoms with van der Waals surface area (Å²) in [5, 5.41) is 0. The number of ether oxygens (including phenoxy) is 1. The fraction of sp³-hybridized carbons (Fsp3) is 0.737. The van der Waals surface area contributed by atoms with Crippen LogP contribution in [0.25, 0.3) is 0 Å². The summed E-state index contributed by atoms with van der Waals surface area (Å²) in [6, 6.07) is 0. The van der Waals surface area contributed by atoms with Crippen LogP contribution in [0.4, 0.5) is 0 Å². The Labute approximate surface area is 133 Å². The minimum atomic E-state index is 0.0441. The number of hydrogen-bond acceptors (Lipinski definition) is 3. The number of rotatable bonds is 2. The molecular weight excluding hydrogens is 274 g/mol. The van der Waals surface area contributed by atoms with Crippen LogP contribution >= 0.6 is 0 Å². The maximum atomic E-state index is 12.4. The van der Waals surface area contributed by atoms with E-state index in [2.05, 4.69) is 30.9 Å². The van der Waals surface area contributed by atoms with Crippen LogP contribution in [0.3, 0.4) is 0 Å². The first-order valence-electron chi connectivity index (χ1n) is 8.89. The number of esters is 1. The average molecular weight is 301 g/mol. The first-order chi connectivity index (χ1) is 10.6. The van der Waals surface area contributed by atoms with Crippen molar-refractivity contribution in [3.8, 4) is 0 Å². The highest BCUT2D eigenvalue weighted by Crippen LogP contribution is 2.52. The van der Waals surface area contributed by atoms with Crippen LogP contribution in [0.2, 0.25) is 0 Å². The van der Waals surface area contributed by atoms with Gasteiger partial charge in [-0.25, -0.2) is 0 Å². The molecule has 22 heavy (non-hydrogen) atoms. The lowest BCUT2D eigenvalue weighted by Crippen LogP contribution is -2.38. The van der Waals surface area contributed by atoms with E-state index in [-0.39, 0.29) is 29.3 Å². The molecule has 2 aliphatic heterocycles. The molecule has 3 heteroatoms. The molecule has 2 fully saturated rings. The highest BCUT2D eigenvalue weighted by Gasteiger charge is 2.51. The van der Waals surface area contributed by atoms with Gasteiger partial charge in [0.05, 0.1) is 5.92 Å². The zero-order valence-corrected chi connectivity index (χ0v) is 13.8. The van der Waals surface area contributed by atoms with Crippen LogP contribution in [0, 0.1) is 17.3 Å². The summed E-state index contributed by atoms with van der Waals surface area (Å²) >= 11 is 0. The summed E-state index contributed by atoms with van der Waals surface area (Å²) in [6.45, 7) is 7.77. The van der Waals surface area contributed by atoms with Crippen LogP contribution in [0.5, 0.6) is 0 Å². The monoisotopic (exact) mass is 301 g/mol. The molecule has 0 aromatic carbocycles. The van der Waals surface area contributed by atoms with Crippen molar-refractivity contribution in [1.29, 1.82) is 0 Å². The van der Waals surface area contributed by atoms with Gasteiger partial charge in [0, 0.05) is 12.5 Å². The normalized spacial score (nSPS) is 41.5. The Morgan fingerprint density at radius 1 is 1.36 bits per heavy atom. The molecule has 0 saturated carbocycles. The largest absolute Gasteiger partial charge is 0.461 e. The lowest BCUT2D eigenvalue weighted by molar-refractivity contribution is -0.145. The van der Waals surface area contributed by atoms with E-state index in [0.29, 0.717) is 0 Å². The van der Waals surface area contributed by atoms with Gasteiger partial charge in [0.25, 0.3) is 0 Å². The number of likely N-dealkylation sites (tertiary alicyclic amines) is 1. The van der Waals surface area contributed by atoms with Crippen molar-refractivity contribution in [2.24, 2.45) is 17.3 Å². The highest BCUT2D eigenvalue weighted by molar-refractivity contribution is 5.76. The molecule has 0 aromatic heterocycles. The van der Waals surface area contributed by atoms with Crippen LogP contribution in [-0.4, -0.2) is 36.6 Å². The molecule has 4 aliphatic rings. The van der Waals surface area contributed by atoms with Gasteiger partial charge in [-0.2, -0.15) is 0 Å². The fourth-order valence-corrected chi connectivity index (χ4v) is 5.08. The number of fused-ring (bicyclic) bond motifs is 2. The summed E-state index contributed by atoms with van der Waals surface area (Å²) in [7, 11) is 0. The van der Waals surface area contributed by atoms with Gasteiger partial charge in [-0.3, -0.25) is 4.79 Å². The third-order valence-electron chi connectivity index (χ3n) is 6.35. The number of hydrogen-bond donors (Lipinski definition) is 0. The maximum absolute atomic E-state index is 12.4. The molecule has 0 unspecified atom stereocenters. The molecule has 0 amide bonds. The highest BCUT2D eigenvalue weighted by atomic mass is 16.6. The molecule has 0 bridgehead atoms. The molecule has 2 aliphatic carbocycles. The Kier molecular flexibility index (Phi) is 3.44. The van der Waals surface area contributed by atoms with Crippen LogP contribution < -0.4 is 0 Å². The summed E-state index contributed by atoms with van der Waals surface area (Å²) in [6.07, 6.45) is 10.8. The summed E-state index contributed by atoms with van der Waals surface area (Å²) in [4.78, 5) is 14.9. The second-order valence-electron chi connectivity index (χ2n) is 7.94. The van der Waals surface area contributed by atoms with E-state index in [4.69, 9.17) is 4.74 Å². The van der Waals surface area contributed by atoms with Gasteiger partial charge in [-0.1, -0.05) is 24.6 Å². The quantitative estimate of drug-likeness (QED) is 0.733. The van der Waals surface area contributed by atoms with Crippen molar-refractivity contribution in [3.05, 3.63) is 23.3 Å². The molecular formula is C19H27NO2. The third kappa shape index (κ3) is 2.25. The average Bonchev–Trinajstić information content (AvgIpc) is 3.06. The zero-order valence-electron chi connectivity index (χ0n) is 13.8. The number of carbonyl (C=O) groups is 1. The van der Waals surface area contributed by atoms with Gasteiger partial charge in [0.15, 0.2) is 0 Å². The van der Waals surface area contributed by atoms with Crippen molar-refractivity contribution in [3.63, 3.8) is 0 Å². The molecule has 0 aromatic rings. The Balaban J connectivity index is 1.62. The number of carbonyl (C=O) groups excluding carboxylic acids is 1. The Morgan fingerprint density at radius 3 is 2.91 bits per heavy atom. The van der Waals surface area contributed by atoms with Gasteiger partial charge < -0.3 is 9.64 Å². The molecule has 4 atom stereocenters. The lowest BCUT2D eigenvalue weighted by Gasteiger charge is -2.43. The van der Waals surface area contributed by atoms with Crippen molar-refractivity contribution in [2.45, 2.75) is 52.1 Å². The number of allylic oxidation sites excluding steroid dienone is 3. The van der Waals surface area contributed by atoms with E-state index in [9.17, 15) is 4.79 Å². The minimum absolute atomic E-state index is 0.0441. The van der Waals surface area contributed by atoms with Crippen molar-refractivity contribution < 1.29 is 9.53 Å². The number of nitrogens with zero attached hydrogens (tertiary/aromatic N) is 1. The van der Waals surface area contributed by atoms with Crippen LogP contribution in [0.15, 0.2) is 23.3 Å². The smallest absolute Gasteiger partial charge is 0.311 e. The van der Waals surface area contributed by atoms with Crippen molar-refractivity contribution in [2.75, 3.05) is 19.6 Å². The Bertz CT molecular complexity index is 544. The van der Waals surface area contributed by atoms with Gasteiger partial charge in [-0.05, 0) is 63.1 Å². The first kappa shape index (κ1) is 14.5. The van der Waals surface area contributed by atoms with E-state index in [1.165, 1.54) is 30.4 Å². The third-order valence-corrected chi connectivity index (χ3v) is 6.35. The topological polar surface area (TPSA) is 29.5 Å². The van der Waals surface area contributed by atoms with Crippen LogP contribution in [0.1, 0.15) is 46.0 Å².